The maximum Gasteiger partial charge on any atom is 0.280 e. The van der Waals surface area contributed by atoms with Crippen LogP contribution in [0.25, 0.3) is 0 Å². The lowest BCUT2D eigenvalue weighted by Crippen LogP contribution is -2.25. The number of nitrogens with two attached hydrogens (primary N) is 1. The minimum Gasteiger partial charge on any atom is -0.495 e. The second kappa shape index (κ2) is 16.2. The van der Waals surface area contributed by atoms with Gasteiger partial charge in [0.05, 0.1) is 12.8 Å². The summed E-state index contributed by atoms with van der Waals surface area (Å²) in [5.41, 5.74) is 12.6. The highest BCUT2D eigenvalue weighted by Gasteiger charge is 2.15. The minimum absolute atomic E-state index is 0.0177. The Morgan fingerprint density at radius 1 is 0.974 bits per heavy atom. The number of carbonyl (C=O) groups excluding carboxylic acids is 1. The number of ether oxygens (including phenoxy) is 1. The van der Waals surface area contributed by atoms with E-state index in [2.05, 4.69) is 80.8 Å². The van der Waals surface area contributed by atoms with Crippen LogP contribution in [0.15, 0.2) is 88.2 Å². The number of aromatic nitrogens is 2. The van der Waals surface area contributed by atoms with Crippen LogP contribution in [0.2, 0.25) is 0 Å². The lowest BCUT2D eigenvalue weighted by atomic mass is 10.1. The van der Waals surface area contributed by atoms with Crippen molar-refractivity contribution in [2.75, 3.05) is 25.1 Å². The quantitative estimate of drug-likeness (QED) is 0.169. The highest BCUT2D eigenvalue weighted by Crippen LogP contribution is 2.30. The zero-order valence-corrected chi connectivity index (χ0v) is 24.7. The third kappa shape index (κ3) is 11.2. The Labute approximate surface area is 234 Å². The van der Waals surface area contributed by atoms with Gasteiger partial charge in [0.2, 0.25) is 5.96 Å². The van der Waals surface area contributed by atoms with Gasteiger partial charge in [-0.1, -0.05) is 46.6 Å². The molecule has 1 aromatic carbocycles. The molecule has 0 radical (unpaired) electrons. The number of anilines is 1. The van der Waals surface area contributed by atoms with Crippen LogP contribution in [0.4, 0.5) is 5.69 Å². The molecule has 0 aliphatic rings. The molecule has 0 bridgehead atoms. The predicted molar refractivity (Wildman–Crippen MR) is 164 cm³/mol. The molecule has 0 atom stereocenters. The van der Waals surface area contributed by atoms with Crippen LogP contribution in [0.3, 0.4) is 0 Å². The number of hydrogen-bond acceptors (Lipinski definition) is 4. The van der Waals surface area contributed by atoms with Crippen LogP contribution in [0.1, 0.15) is 77.6 Å². The zero-order chi connectivity index (χ0) is 28.8. The molecular weight excluding hydrogens is 486 g/mol. The molecule has 2 rings (SSSR count). The molecule has 1 heterocycles. The first-order chi connectivity index (χ1) is 18.6. The van der Waals surface area contributed by atoms with E-state index in [0.29, 0.717) is 24.4 Å². The number of carbonyl (C=O) groups is 1. The first kappa shape index (κ1) is 31.3. The molecular formula is C32H45N5O2. The number of nitrogens with zero attached hydrogens (tertiary/aromatic N) is 4. The fourth-order valence-electron chi connectivity index (χ4n) is 3.88. The Bertz CT molecular complexity index is 1190. The van der Waals surface area contributed by atoms with Crippen molar-refractivity contribution in [1.82, 2.24) is 9.78 Å². The number of benzene rings is 1. The van der Waals surface area contributed by atoms with E-state index in [0.717, 1.165) is 31.4 Å². The maximum absolute atomic E-state index is 13.0. The zero-order valence-electron chi connectivity index (χ0n) is 24.7. The van der Waals surface area contributed by atoms with Crippen molar-refractivity contribution in [2.24, 2.45) is 10.7 Å². The van der Waals surface area contributed by atoms with E-state index in [-0.39, 0.29) is 5.96 Å². The summed E-state index contributed by atoms with van der Waals surface area (Å²) >= 11 is 0. The summed E-state index contributed by atoms with van der Waals surface area (Å²) in [5, 5.41) is 4.04. The van der Waals surface area contributed by atoms with E-state index < -0.39 is 5.91 Å². The van der Waals surface area contributed by atoms with Crippen LogP contribution in [-0.4, -0.2) is 41.8 Å². The largest absolute Gasteiger partial charge is 0.495 e. The molecule has 0 aliphatic carbocycles. The normalized spacial score (nSPS) is 12.2. The predicted octanol–water partition coefficient (Wildman–Crippen LogP) is 7.09. The second-order valence-electron chi connectivity index (χ2n) is 10.3. The fourth-order valence-corrected chi connectivity index (χ4v) is 3.88. The lowest BCUT2D eigenvalue weighted by Gasteiger charge is -2.25. The second-order valence-corrected chi connectivity index (χ2v) is 10.3. The van der Waals surface area contributed by atoms with Gasteiger partial charge in [0, 0.05) is 31.0 Å². The monoisotopic (exact) mass is 531 g/mol. The third-order valence-corrected chi connectivity index (χ3v) is 6.22. The number of rotatable bonds is 13. The molecule has 39 heavy (non-hydrogen) atoms. The number of aliphatic imine (C=N–C) groups is 1. The Morgan fingerprint density at radius 2 is 1.56 bits per heavy atom. The molecule has 0 saturated carbocycles. The lowest BCUT2D eigenvalue weighted by molar-refractivity contribution is 0.100. The van der Waals surface area contributed by atoms with Gasteiger partial charge >= 0.3 is 0 Å². The van der Waals surface area contributed by atoms with Crippen LogP contribution in [0, 0.1) is 0 Å². The number of amides is 1. The average Bonchev–Trinajstić information content (AvgIpc) is 3.43. The summed E-state index contributed by atoms with van der Waals surface area (Å²) in [6.07, 6.45) is 16.3. The topological polar surface area (TPSA) is 85.7 Å². The molecule has 2 aromatic rings. The first-order valence-electron chi connectivity index (χ1n) is 13.5. The molecule has 0 unspecified atom stereocenters. The molecule has 1 aromatic heterocycles. The van der Waals surface area contributed by atoms with Gasteiger partial charge in [0.15, 0.2) is 0 Å². The molecule has 7 nitrogen and oxygen atoms in total. The molecule has 0 fully saturated rings. The number of methoxy groups -OCH3 is 1. The van der Waals surface area contributed by atoms with Gasteiger partial charge in [-0.15, -0.1) is 0 Å². The van der Waals surface area contributed by atoms with Gasteiger partial charge in [0.25, 0.3) is 5.91 Å². The van der Waals surface area contributed by atoms with Crippen LogP contribution >= 0.6 is 0 Å². The molecule has 210 valence electrons. The van der Waals surface area contributed by atoms with Gasteiger partial charge in [-0.05, 0) is 91.5 Å². The summed E-state index contributed by atoms with van der Waals surface area (Å²) in [4.78, 5) is 19.3. The number of allylic oxidation sites excluding steroid dienone is 6. The summed E-state index contributed by atoms with van der Waals surface area (Å²) < 4.78 is 7.07. The van der Waals surface area contributed by atoms with Crippen molar-refractivity contribution >= 4 is 17.6 Å². The molecule has 0 spiro atoms. The SMILES string of the molecule is COc1ccc(C(=O)N=C(N)n2cccn2)cc1N(CC=C(C)CCC=C(C)C)CC=C(C)CCC=C(C)C. The van der Waals surface area contributed by atoms with Crippen molar-refractivity contribution in [2.45, 2.75) is 67.2 Å². The standard InChI is InChI=1S/C32H45N5O2/c1-24(2)11-8-13-26(5)17-21-36(22-18-27(6)14-9-12-25(3)4)29-23-28(15-16-30(29)39-7)31(38)35-32(33)37-20-10-19-34-37/h10-12,15-20,23H,8-9,13-14,21-22H2,1-7H3,(H2,33,35,38). The fraction of sp³-hybridized carbons (Fsp3) is 0.406. The van der Waals surface area contributed by atoms with Gasteiger partial charge in [-0.25, -0.2) is 4.68 Å². The van der Waals surface area contributed by atoms with E-state index >= 15 is 0 Å². The molecule has 7 heteroatoms. The van der Waals surface area contributed by atoms with E-state index in [4.69, 9.17) is 10.5 Å². The maximum atomic E-state index is 13.0. The van der Waals surface area contributed by atoms with Crippen LogP contribution in [-0.2, 0) is 0 Å². The van der Waals surface area contributed by atoms with Crippen LogP contribution < -0.4 is 15.4 Å². The van der Waals surface area contributed by atoms with E-state index in [1.807, 2.05) is 12.1 Å². The first-order valence-corrected chi connectivity index (χ1v) is 13.5. The highest BCUT2D eigenvalue weighted by atomic mass is 16.5. The Hall–Kier alpha value is -3.87. The smallest absolute Gasteiger partial charge is 0.280 e. The third-order valence-electron chi connectivity index (χ3n) is 6.22. The highest BCUT2D eigenvalue weighted by molar-refractivity contribution is 6.03. The van der Waals surface area contributed by atoms with E-state index in [1.54, 1.807) is 31.6 Å². The molecule has 0 aliphatic heterocycles. The van der Waals surface area contributed by atoms with Crippen LogP contribution in [0.5, 0.6) is 5.75 Å². The van der Waals surface area contributed by atoms with Gasteiger partial charge < -0.3 is 15.4 Å². The Balaban J connectivity index is 2.37. The Morgan fingerprint density at radius 3 is 2.05 bits per heavy atom. The summed E-state index contributed by atoms with van der Waals surface area (Å²) in [6, 6.07) is 7.08. The minimum atomic E-state index is -0.436. The van der Waals surface area contributed by atoms with Gasteiger partial charge in [0.1, 0.15) is 5.75 Å². The van der Waals surface area contributed by atoms with Crippen molar-refractivity contribution < 1.29 is 9.53 Å². The van der Waals surface area contributed by atoms with E-state index in [1.165, 1.54) is 27.0 Å². The van der Waals surface area contributed by atoms with Crippen molar-refractivity contribution in [3.05, 3.63) is 88.8 Å². The van der Waals surface area contributed by atoms with Crippen molar-refractivity contribution in [3.8, 4) is 5.75 Å². The molecule has 2 N–H and O–H groups in total. The molecule has 0 saturated heterocycles. The molecule has 1 amide bonds. The summed E-state index contributed by atoms with van der Waals surface area (Å²) in [5.74, 6) is 0.277. The van der Waals surface area contributed by atoms with Crippen molar-refractivity contribution in [1.29, 1.82) is 0 Å². The van der Waals surface area contributed by atoms with Gasteiger partial charge in [-0.3, -0.25) is 4.79 Å². The Kier molecular flexibility index (Phi) is 13.0. The van der Waals surface area contributed by atoms with E-state index in [9.17, 15) is 4.79 Å². The van der Waals surface area contributed by atoms with Crippen molar-refractivity contribution in [3.63, 3.8) is 0 Å². The summed E-state index contributed by atoms with van der Waals surface area (Å²) in [6.45, 7) is 14.2. The average molecular weight is 532 g/mol. The van der Waals surface area contributed by atoms with Gasteiger partial charge in [-0.2, -0.15) is 10.1 Å². The number of hydrogen-bond donors (Lipinski definition) is 1. The summed E-state index contributed by atoms with van der Waals surface area (Å²) in [7, 11) is 1.65.